The van der Waals surface area contributed by atoms with Gasteiger partial charge in [-0.3, -0.25) is 14.9 Å². The Balaban J connectivity index is 2.18. The molecule has 1 fully saturated rings. The number of halogens is 1. The molecule has 3 rings (SSSR count). The van der Waals surface area contributed by atoms with Gasteiger partial charge in [0.2, 0.25) is 11.8 Å². The van der Waals surface area contributed by atoms with Gasteiger partial charge in [-0.1, -0.05) is 0 Å². The molecule has 1 aliphatic rings. The molecule has 0 radical (unpaired) electrons. The zero-order chi connectivity index (χ0) is 15.0. The molecular formula is C14H11ClN4O2. The fourth-order valence-electron chi connectivity index (χ4n) is 2.58. The first-order valence-corrected chi connectivity index (χ1v) is 6.98. The maximum atomic E-state index is 12.1. The number of hydrogen-bond acceptors (Lipinski definition) is 4. The SMILES string of the molecule is N#Cc1ccc2nc(CCl)n(C3CCC(=O)NC3=O)c2c1. The number of alkyl halides is 1. The molecule has 0 saturated carbocycles. The van der Waals surface area contributed by atoms with Crippen molar-refractivity contribution in [3.05, 3.63) is 29.6 Å². The average molecular weight is 303 g/mol. The maximum absolute atomic E-state index is 12.1. The van der Waals surface area contributed by atoms with Crippen LogP contribution in [-0.4, -0.2) is 21.4 Å². The highest BCUT2D eigenvalue weighted by molar-refractivity contribution is 6.17. The Labute approximate surface area is 125 Å². The molecule has 1 atom stereocenters. The normalized spacial score (nSPS) is 18.6. The third-order valence-electron chi connectivity index (χ3n) is 3.53. The lowest BCUT2D eigenvalue weighted by atomic mass is 10.1. The van der Waals surface area contributed by atoms with Crippen LogP contribution in [0.2, 0.25) is 0 Å². The van der Waals surface area contributed by atoms with Crippen LogP contribution in [0.3, 0.4) is 0 Å². The molecule has 2 heterocycles. The van der Waals surface area contributed by atoms with Gasteiger partial charge >= 0.3 is 0 Å². The van der Waals surface area contributed by atoms with Crippen molar-refractivity contribution >= 4 is 34.4 Å². The first kappa shape index (κ1) is 13.6. The molecule has 0 aliphatic carbocycles. The molecule has 1 saturated heterocycles. The number of nitrogens with one attached hydrogen (secondary N) is 1. The van der Waals surface area contributed by atoms with Crippen LogP contribution < -0.4 is 5.32 Å². The predicted octanol–water partition coefficient (Wildman–Crippen LogP) is 1.62. The minimum atomic E-state index is -0.532. The number of nitrogens with zero attached hydrogens (tertiary/aromatic N) is 3. The van der Waals surface area contributed by atoms with Crippen molar-refractivity contribution < 1.29 is 9.59 Å². The van der Waals surface area contributed by atoms with E-state index in [1.807, 2.05) is 0 Å². The van der Waals surface area contributed by atoms with Crippen LogP contribution in [0.5, 0.6) is 0 Å². The largest absolute Gasteiger partial charge is 0.314 e. The summed E-state index contributed by atoms with van der Waals surface area (Å²) in [6, 6.07) is 6.61. The monoisotopic (exact) mass is 302 g/mol. The fourth-order valence-corrected chi connectivity index (χ4v) is 2.77. The minimum absolute atomic E-state index is 0.147. The van der Waals surface area contributed by atoms with E-state index in [0.29, 0.717) is 28.8 Å². The van der Waals surface area contributed by atoms with E-state index in [9.17, 15) is 9.59 Å². The summed E-state index contributed by atoms with van der Waals surface area (Å²) < 4.78 is 1.73. The van der Waals surface area contributed by atoms with Crippen LogP contribution in [0.4, 0.5) is 0 Å². The fraction of sp³-hybridized carbons (Fsp3) is 0.286. The molecule has 6 nitrogen and oxygen atoms in total. The molecule has 21 heavy (non-hydrogen) atoms. The highest BCUT2D eigenvalue weighted by Crippen LogP contribution is 2.28. The molecule has 0 spiro atoms. The number of piperidine rings is 1. The average Bonchev–Trinajstić information content (AvgIpc) is 2.84. The third kappa shape index (κ3) is 2.26. The minimum Gasteiger partial charge on any atom is -0.314 e. The summed E-state index contributed by atoms with van der Waals surface area (Å²) >= 11 is 5.93. The lowest BCUT2D eigenvalue weighted by Gasteiger charge is -2.24. The zero-order valence-electron chi connectivity index (χ0n) is 11.0. The first-order chi connectivity index (χ1) is 10.1. The second-order valence-electron chi connectivity index (χ2n) is 4.81. The number of hydrogen-bond donors (Lipinski definition) is 1. The van der Waals surface area contributed by atoms with Crippen LogP contribution >= 0.6 is 11.6 Å². The molecule has 2 aromatic rings. The van der Waals surface area contributed by atoms with E-state index in [1.165, 1.54) is 0 Å². The molecule has 0 bridgehead atoms. The van der Waals surface area contributed by atoms with Crippen LogP contribution in [0, 0.1) is 11.3 Å². The Morgan fingerprint density at radius 3 is 2.95 bits per heavy atom. The van der Waals surface area contributed by atoms with E-state index in [4.69, 9.17) is 16.9 Å². The summed E-state index contributed by atoms with van der Waals surface area (Å²) in [6.07, 6.45) is 0.673. The van der Waals surface area contributed by atoms with Gasteiger partial charge in [0.1, 0.15) is 11.9 Å². The van der Waals surface area contributed by atoms with E-state index < -0.39 is 6.04 Å². The van der Waals surface area contributed by atoms with Crippen molar-refractivity contribution in [1.29, 1.82) is 5.26 Å². The standard InChI is InChI=1S/C14H11ClN4O2/c15-6-12-17-9-2-1-8(7-16)5-11(9)19(12)10-3-4-13(20)18-14(10)21/h1-2,5,10H,3-4,6H2,(H,18,20,21). The van der Waals surface area contributed by atoms with Gasteiger partial charge in [-0.15, -0.1) is 11.6 Å². The summed E-state index contributed by atoms with van der Waals surface area (Å²) in [5, 5.41) is 11.3. The van der Waals surface area contributed by atoms with Gasteiger partial charge in [0, 0.05) is 6.42 Å². The summed E-state index contributed by atoms with van der Waals surface area (Å²) in [6.45, 7) is 0. The molecule has 2 amide bonds. The predicted molar refractivity (Wildman–Crippen MR) is 75.4 cm³/mol. The summed E-state index contributed by atoms with van der Waals surface area (Å²) in [7, 11) is 0. The zero-order valence-corrected chi connectivity index (χ0v) is 11.7. The Hall–Kier alpha value is -2.39. The quantitative estimate of drug-likeness (QED) is 0.674. The molecule has 7 heteroatoms. The van der Waals surface area contributed by atoms with Gasteiger partial charge in [0.25, 0.3) is 0 Å². The van der Waals surface area contributed by atoms with Crippen molar-refractivity contribution in [1.82, 2.24) is 14.9 Å². The smallest absolute Gasteiger partial charge is 0.249 e. The summed E-state index contributed by atoms with van der Waals surface area (Å²) in [4.78, 5) is 27.8. The molecule has 1 unspecified atom stereocenters. The maximum Gasteiger partial charge on any atom is 0.249 e. The van der Waals surface area contributed by atoms with Gasteiger partial charge in [0.15, 0.2) is 0 Å². The Morgan fingerprint density at radius 1 is 1.48 bits per heavy atom. The third-order valence-corrected chi connectivity index (χ3v) is 3.77. The highest BCUT2D eigenvalue weighted by Gasteiger charge is 2.30. The Kier molecular flexibility index (Phi) is 3.35. The summed E-state index contributed by atoms with van der Waals surface area (Å²) in [5.41, 5.74) is 1.84. The van der Waals surface area contributed by atoms with Crippen LogP contribution in [-0.2, 0) is 15.5 Å². The van der Waals surface area contributed by atoms with Gasteiger partial charge < -0.3 is 4.57 Å². The van der Waals surface area contributed by atoms with Crippen molar-refractivity contribution in [2.75, 3.05) is 0 Å². The lowest BCUT2D eigenvalue weighted by Crippen LogP contribution is -2.42. The topological polar surface area (TPSA) is 87.8 Å². The number of rotatable bonds is 2. The number of carbonyl (C=O) groups excluding carboxylic acids is 2. The molecule has 106 valence electrons. The molecule has 1 aromatic heterocycles. The molecule has 1 aliphatic heterocycles. The van der Waals surface area contributed by atoms with Crippen molar-refractivity contribution in [2.45, 2.75) is 24.8 Å². The molecular weight excluding hydrogens is 292 g/mol. The number of fused-ring (bicyclic) bond motifs is 1. The van der Waals surface area contributed by atoms with Crippen molar-refractivity contribution in [3.8, 4) is 6.07 Å². The van der Waals surface area contributed by atoms with Crippen LogP contribution in [0.25, 0.3) is 11.0 Å². The number of imidazole rings is 1. The Morgan fingerprint density at radius 2 is 2.29 bits per heavy atom. The van der Waals surface area contributed by atoms with E-state index in [0.717, 1.165) is 0 Å². The second-order valence-corrected chi connectivity index (χ2v) is 5.08. The number of carbonyl (C=O) groups is 2. The molecule has 1 aromatic carbocycles. The number of benzene rings is 1. The van der Waals surface area contributed by atoms with Crippen LogP contribution in [0.1, 0.15) is 30.3 Å². The number of nitriles is 1. The number of imide groups is 1. The second kappa shape index (κ2) is 5.19. The van der Waals surface area contributed by atoms with E-state index in [-0.39, 0.29) is 24.1 Å². The van der Waals surface area contributed by atoms with E-state index in [2.05, 4.69) is 16.4 Å². The van der Waals surface area contributed by atoms with Gasteiger partial charge in [-0.25, -0.2) is 4.98 Å². The highest BCUT2D eigenvalue weighted by atomic mass is 35.5. The van der Waals surface area contributed by atoms with Crippen LogP contribution in [0.15, 0.2) is 18.2 Å². The first-order valence-electron chi connectivity index (χ1n) is 6.44. The lowest BCUT2D eigenvalue weighted by molar-refractivity contribution is -0.135. The molecule has 1 N–H and O–H groups in total. The number of aromatic nitrogens is 2. The Bertz CT molecular complexity index is 790. The summed E-state index contributed by atoms with van der Waals surface area (Å²) in [5.74, 6) is 0.0650. The van der Waals surface area contributed by atoms with Gasteiger partial charge in [0.05, 0.1) is 28.5 Å². The van der Waals surface area contributed by atoms with E-state index in [1.54, 1.807) is 22.8 Å². The van der Waals surface area contributed by atoms with Gasteiger partial charge in [-0.05, 0) is 24.6 Å². The number of amides is 2. The van der Waals surface area contributed by atoms with E-state index >= 15 is 0 Å². The van der Waals surface area contributed by atoms with Gasteiger partial charge in [-0.2, -0.15) is 5.26 Å². The van der Waals surface area contributed by atoms with Crippen molar-refractivity contribution in [3.63, 3.8) is 0 Å². The van der Waals surface area contributed by atoms with Crippen molar-refractivity contribution in [2.24, 2.45) is 0 Å².